The summed E-state index contributed by atoms with van der Waals surface area (Å²) in [5.41, 5.74) is 1.61. The Morgan fingerprint density at radius 2 is 2.29 bits per heavy atom. The third-order valence-electron chi connectivity index (χ3n) is 4.42. The first-order chi connectivity index (χ1) is 11.7. The normalized spacial score (nSPS) is 17.4. The Kier molecular flexibility index (Phi) is 3.65. The lowest BCUT2D eigenvalue weighted by Crippen LogP contribution is -2.34. The highest BCUT2D eigenvalue weighted by Crippen LogP contribution is 2.32. The maximum Gasteiger partial charge on any atom is 0.322 e. The Morgan fingerprint density at radius 3 is 3.12 bits per heavy atom. The first-order valence-electron chi connectivity index (χ1n) is 8.06. The summed E-state index contributed by atoms with van der Waals surface area (Å²) in [6.07, 6.45) is 5.39. The zero-order valence-corrected chi connectivity index (χ0v) is 13.4. The molecule has 1 aliphatic rings. The van der Waals surface area contributed by atoms with Crippen LogP contribution >= 0.6 is 0 Å². The Hall–Kier alpha value is -2.89. The van der Waals surface area contributed by atoms with Gasteiger partial charge < -0.3 is 14.7 Å². The fourth-order valence-electron chi connectivity index (χ4n) is 3.28. The van der Waals surface area contributed by atoms with Crippen LogP contribution in [-0.2, 0) is 0 Å². The van der Waals surface area contributed by atoms with Crippen LogP contribution in [-0.4, -0.2) is 27.6 Å². The summed E-state index contributed by atoms with van der Waals surface area (Å²) < 4.78 is 5.17. The topological polar surface area (TPSA) is 71.3 Å². The van der Waals surface area contributed by atoms with Gasteiger partial charge in [-0.2, -0.15) is 0 Å². The van der Waals surface area contributed by atoms with E-state index in [1.165, 1.54) is 0 Å². The summed E-state index contributed by atoms with van der Waals surface area (Å²) in [5.74, 6) is 0.763. The zero-order valence-electron chi connectivity index (χ0n) is 13.4. The number of hydrogen-bond donors (Lipinski definition) is 1. The van der Waals surface area contributed by atoms with Crippen LogP contribution in [0.3, 0.4) is 0 Å². The molecule has 1 aromatic carbocycles. The smallest absolute Gasteiger partial charge is 0.322 e. The number of hydrogen-bond acceptors (Lipinski definition) is 4. The molecule has 1 aliphatic heterocycles. The van der Waals surface area contributed by atoms with Gasteiger partial charge in [-0.1, -0.05) is 17.3 Å². The molecule has 0 spiro atoms. The van der Waals surface area contributed by atoms with Crippen molar-refractivity contribution in [3.63, 3.8) is 0 Å². The lowest BCUT2D eigenvalue weighted by Gasteiger charge is -2.23. The summed E-state index contributed by atoms with van der Waals surface area (Å²) in [7, 11) is 0. The fraction of sp³-hybridized carbons (Fsp3) is 0.278. The molecule has 3 heterocycles. The van der Waals surface area contributed by atoms with Crippen LogP contribution < -0.4 is 5.32 Å². The molecule has 24 heavy (non-hydrogen) atoms. The Morgan fingerprint density at radius 1 is 1.38 bits per heavy atom. The van der Waals surface area contributed by atoms with E-state index in [9.17, 15) is 4.79 Å². The SMILES string of the molecule is Cc1cc(C2CCCN2C(=O)Nc2cccc3cnccc23)no1. The molecular formula is C18H18N4O2. The monoisotopic (exact) mass is 322 g/mol. The number of carbonyl (C=O) groups excluding carboxylic acids is 1. The van der Waals surface area contributed by atoms with E-state index in [-0.39, 0.29) is 12.1 Å². The van der Waals surface area contributed by atoms with Gasteiger partial charge in [-0.05, 0) is 31.9 Å². The predicted octanol–water partition coefficient (Wildman–Crippen LogP) is 3.90. The molecule has 1 saturated heterocycles. The van der Waals surface area contributed by atoms with E-state index in [0.717, 1.165) is 40.8 Å². The molecule has 0 bridgehead atoms. The van der Waals surface area contributed by atoms with Gasteiger partial charge >= 0.3 is 6.03 Å². The average Bonchev–Trinajstić information content (AvgIpc) is 3.24. The van der Waals surface area contributed by atoms with Gasteiger partial charge in [0.2, 0.25) is 0 Å². The lowest BCUT2D eigenvalue weighted by molar-refractivity contribution is 0.204. The number of nitrogens with one attached hydrogen (secondary N) is 1. The number of carbonyl (C=O) groups is 1. The molecule has 4 rings (SSSR count). The zero-order chi connectivity index (χ0) is 16.5. The molecule has 2 amide bonds. The standard InChI is InChI=1S/C18H18N4O2/c1-12-10-16(21-24-12)17-6-3-9-22(17)18(23)20-15-5-2-4-13-11-19-8-7-14(13)15/h2,4-5,7-8,10-11,17H,3,6,9H2,1H3,(H,20,23). The van der Waals surface area contributed by atoms with Gasteiger partial charge in [0.1, 0.15) is 11.5 Å². The van der Waals surface area contributed by atoms with Crippen molar-refractivity contribution >= 4 is 22.5 Å². The Bertz CT molecular complexity index is 884. The van der Waals surface area contributed by atoms with E-state index >= 15 is 0 Å². The van der Waals surface area contributed by atoms with Crippen molar-refractivity contribution in [1.82, 2.24) is 15.0 Å². The van der Waals surface area contributed by atoms with Gasteiger partial charge in [0.05, 0.1) is 11.7 Å². The molecule has 0 radical (unpaired) electrons. The molecular weight excluding hydrogens is 304 g/mol. The van der Waals surface area contributed by atoms with Crippen molar-refractivity contribution in [2.75, 3.05) is 11.9 Å². The number of anilines is 1. The van der Waals surface area contributed by atoms with Crippen LogP contribution in [0.2, 0.25) is 0 Å². The van der Waals surface area contributed by atoms with E-state index in [1.54, 1.807) is 12.4 Å². The number of urea groups is 1. The highest BCUT2D eigenvalue weighted by atomic mass is 16.5. The van der Waals surface area contributed by atoms with Gasteiger partial charge in [-0.15, -0.1) is 0 Å². The Labute approximate surface area is 139 Å². The number of rotatable bonds is 2. The van der Waals surface area contributed by atoms with Crippen molar-refractivity contribution < 1.29 is 9.32 Å². The third kappa shape index (κ3) is 2.60. The molecule has 1 fully saturated rings. The molecule has 3 aromatic rings. The first-order valence-corrected chi connectivity index (χ1v) is 8.06. The van der Waals surface area contributed by atoms with Crippen LogP contribution in [0.15, 0.2) is 47.2 Å². The minimum Gasteiger partial charge on any atom is -0.361 e. The van der Waals surface area contributed by atoms with Crippen molar-refractivity contribution in [3.05, 3.63) is 54.2 Å². The molecule has 0 saturated carbocycles. The molecule has 1 N–H and O–H groups in total. The summed E-state index contributed by atoms with van der Waals surface area (Å²) in [4.78, 5) is 18.7. The second-order valence-electron chi connectivity index (χ2n) is 6.05. The molecule has 0 aliphatic carbocycles. The summed E-state index contributed by atoms with van der Waals surface area (Å²) >= 11 is 0. The van der Waals surface area contributed by atoms with Crippen LogP contribution in [0, 0.1) is 6.92 Å². The van der Waals surface area contributed by atoms with Crippen molar-refractivity contribution in [3.8, 4) is 0 Å². The molecule has 1 unspecified atom stereocenters. The van der Waals surface area contributed by atoms with E-state index in [1.807, 2.05) is 42.2 Å². The maximum atomic E-state index is 12.8. The molecule has 1 atom stereocenters. The number of likely N-dealkylation sites (tertiary alicyclic amines) is 1. The average molecular weight is 322 g/mol. The quantitative estimate of drug-likeness (QED) is 0.776. The number of fused-ring (bicyclic) bond motifs is 1. The molecule has 6 heteroatoms. The second-order valence-corrected chi connectivity index (χ2v) is 6.05. The van der Waals surface area contributed by atoms with Crippen molar-refractivity contribution in [1.29, 1.82) is 0 Å². The van der Waals surface area contributed by atoms with E-state index in [2.05, 4.69) is 15.5 Å². The molecule has 2 aromatic heterocycles. The van der Waals surface area contributed by atoms with Gasteiger partial charge in [-0.25, -0.2) is 4.79 Å². The number of aryl methyl sites for hydroxylation is 1. The highest BCUT2D eigenvalue weighted by molar-refractivity contribution is 6.01. The molecule has 122 valence electrons. The van der Waals surface area contributed by atoms with Crippen LogP contribution in [0.4, 0.5) is 10.5 Å². The Balaban J connectivity index is 1.59. The summed E-state index contributed by atoms with van der Waals surface area (Å²) in [5, 5.41) is 9.10. The minimum atomic E-state index is -0.109. The maximum absolute atomic E-state index is 12.8. The van der Waals surface area contributed by atoms with Gasteiger partial charge in [0.25, 0.3) is 0 Å². The van der Waals surface area contributed by atoms with Crippen LogP contribution in [0.5, 0.6) is 0 Å². The van der Waals surface area contributed by atoms with Gasteiger partial charge in [-0.3, -0.25) is 4.98 Å². The van der Waals surface area contributed by atoms with Crippen molar-refractivity contribution in [2.24, 2.45) is 0 Å². The van der Waals surface area contributed by atoms with Crippen molar-refractivity contribution in [2.45, 2.75) is 25.8 Å². The van der Waals surface area contributed by atoms with Crippen LogP contribution in [0.25, 0.3) is 10.8 Å². The number of pyridine rings is 1. The largest absolute Gasteiger partial charge is 0.361 e. The number of amides is 2. The predicted molar refractivity (Wildman–Crippen MR) is 90.7 cm³/mol. The second kappa shape index (κ2) is 5.96. The third-order valence-corrected chi connectivity index (χ3v) is 4.42. The minimum absolute atomic E-state index is 0.0286. The summed E-state index contributed by atoms with van der Waals surface area (Å²) in [6, 6.07) is 9.48. The fourth-order valence-corrected chi connectivity index (χ4v) is 3.28. The van der Waals surface area contributed by atoms with E-state index < -0.39 is 0 Å². The lowest BCUT2D eigenvalue weighted by atomic mass is 10.1. The number of aromatic nitrogens is 2. The first kappa shape index (κ1) is 14.7. The molecule has 6 nitrogen and oxygen atoms in total. The van der Waals surface area contributed by atoms with Gasteiger partial charge in [0, 0.05) is 35.8 Å². The van der Waals surface area contributed by atoms with E-state index in [0.29, 0.717) is 6.54 Å². The summed E-state index contributed by atoms with van der Waals surface area (Å²) in [6.45, 7) is 2.58. The van der Waals surface area contributed by atoms with E-state index in [4.69, 9.17) is 4.52 Å². The number of nitrogens with zero attached hydrogens (tertiary/aromatic N) is 3. The number of benzene rings is 1. The highest BCUT2D eigenvalue weighted by Gasteiger charge is 2.32. The van der Waals surface area contributed by atoms with Gasteiger partial charge in [0.15, 0.2) is 0 Å². The van der Waals surface area contributed by atoms with Crippen LogP contribution in [0.1, 0.15) is 30.3 Å².